The molecule has 0 bridgehead atoms. The van der Waals surface area contributed by atoms with Crippen molar-refractivity contribution in [3.8, 4) is 0 Å². The van der Waals surface area contributed by atoms with Gasteiger partial charge in [-0.1, -0.05) is 35.9 Å². The molecule has 0 aromatic heterocycles. The van der Waals surface area contributed by atoms with Crippen LogP contribution in [0.2, 0.25) is 5.02 Å². The van der Waals surface area contributed by atoms with Crippen molar-refractivity contribution in [3.63, 3.8) is 0 Å². The number of amides is 2. The smallest absolute Gasteiger partial charge is 0.331 e. The number of rotatable bonds is 3. The number of benzene rings is 2. The third kappa shape index (κ3) is 2.16. The summed E-state index contributed by atoms with van der Waals surface area (Å²) in [5.74, 6) is -2.53. The summed E-state index contributed by atoms with van der Waals surface area (Å²) in [5.41, 5.74) is 0.691. The topological polar surface area (TPSA) is 74.7 Å². The van der Waals surface area contributed by atoms with Crippen molar-refractivity contribution in [2.75, 3.05) is 0 Å². The van der Waals surface area contributed by atoms with Gasteiger partial charge in [-0.25, -0.2) is 4.79 Å². The Morgan fingerprint density at radius 2 is 1.59 bits per heavy atom. The van der Waals surface area contributed by atoms with Gasteiger partial charge in [-0.15, -0.1) is 0 Å². The Morgan fingerprint density at radius 1 is 1.00 bits per heavy atom. The van der Waals surface area contributed by atoms with E-state index in [0.717, 1.165) is 4.90 Å². The van der Waals surface area contributed by atoms with E-state index in [1.165, 1.54) is 24.3 Å². The van der Waals surface area contributed by atoms with Crippen molar-refractivity contribution in [2.24, 2.45) is 0 Å². The van der Waals surface area contributed by atoms with E-state index in [2.05, 4.69) is 0 Å². The minimum atomic E-state index is -1.41. The van der Waals surface area contributed by atoms with Gasteiger partial charge < -0.3 is 5.11 Å². The summed E-state index contributed by atoms with van der Waals surface area (Å²) < 4.78 is 0. The van der Waals surface area contributed by atoms with Gasteiger partial charge in [0.05, 0.1) is 11.1 Å². The maximum Gasteiger partial charge on any atom is 0.331 e. The van der Waals surface area contributed by atoms with Crippen molar-refractivity contribution < 1.29 is 19.5 Å². The Kier molecular flexibility index (Phi) is 3.42. The number of carboxylic acid groups (broad SMARTS) is 1. The standard InChI is InChI=1S/C16H10ClNO4/c17-10-5-3-4-9(8-10)13(16(21)22)18-14(19)11-6-1-2-7-12(11)15(18)20/h1-8,13H,(H,21,22). The van der Waals surface area contributed by atoms with E-state index in [0.29, 0.717) is 5.02 Å². The SMILES string of the molecule is O=C(O)C(c1cccc(Cl)c1)N1C(=O)c2ccccc2C1=O. The molecule has 110 valence electrons. The number of hydrogen-bond donors (Lipinski definition) is 1. The lowest BCUT2D eigenvalue weighted by atomic mass is 10.1. The van der Waals surface area contributed by atoms with Gasteiger partial charge in [-0.3, -0.25) is 14.5 Å². The molecule has 6 heteroatoms. The lowest BCUT2D eigenvalue weighted by Gasteiger charge is -2.23. The molecule has 1 aliphatic rings. The number of nitrogens with zero attached hydrogens (tertiary/aromatic N) is 1. The van der Waals surface area contributed by atoms with Crippen molar-refractivity contribution in [3.05, 3.63) is 70.2 Å². The minimum absolute atomic E-state index is 0.209. The van der Waals surface area contributed by atoms with Crippen LogP contribution in [0.25, 0.3) is 0 Å². The summed E-state index contributed by atoms with van der Waals surface area (Å²) in [4.78, 5) is 37.3. The average molecular weight is 316 g/mol. The van der Waals surface area contributed by atoms with E-state index in [9.17, 15) is 19.5 Å². The number of halogens is 1. The Hall–Kier alpha value is -2.66. The molecule has 1 N–H and O–H groups in total. The highest BCUT2D eigenvalue weighted by atomic mass is 35.5. The Morgan fingerprint density at radius 3 is 2.09 bits per heavy atom. The molecule has 0 fully saturated rings. The van der Waals surface area contributed by atoms with Crippen LogP contribution in [0, 0.1) is 0 Å². The molecule has 0 saturated carbocycles. The normalized spacial score (nSPS) is 14.9. The highest BCUT2D eigenvalue weighted by Gasteiger charge is 2.43. The van der Waals surface area contributed by atoms with Crippen LogP contribution < -0.4 is 0 Å². The fourth-order valence-electron chi connectivity index (χ4n) is 2.52. The highest BCUT2D eigenvalue weighted by Crippen LogP contribution is 2.32. The zero-order chi connectivity index (χ0) is 15.9. The third-order valence-corrected chi connectivity index (χ3v) is 3.72. The summed E-state index contributed by atoms with van der Waals surface area (Å²) in [7, 11) is 0. The molecule has 5 nitrogen and oxygen atoms in total. The van der Waals surface area contributed by atoms with Crippen molar-refractivity contribution in [1.82, 2.24) is 4.90 Å². The van der Waals surface area contributed by atoms with Gasteiger partial charge in [-0.05, 0) is 29.8 Å². The Bertz CT molecular complexity index is 767. The number of imide groups is 1. The van der Waals surface area contributed by atoms with E-state index in [1.54, 1.807) is 24.3 Å². The predicted octanol–water partition coefficient (Wildman–Crippen LogP) is 2.76. The first-order valence-corrected chi connectivity index (χ1v) is 6.83. The van der Waals surface area contributed by atoms with Gasteiger partial charge in [0.25, 0.3) is 11.8 Å². The first-order valence-electron chi connectivity index (χ1n) is 6.46. The van der Waals surface area contributed by atoms with Crippen molar-refractivity contribution in [1.29, 1.82) is 0 Å². The average Bonchev–Trinajstić information content (AvgIpc) is 2.73. The van der Waals surface area contributed by atoms with Crippen LogP contribution in [0.1, 0.15) is 32.3 Å². The van der Waals surface area contributed by atoms with Crippen LogP contribution in [0.15, 0.2) is 48.5 Å². The molecule has 2 aromatic rings. The summed E-state index contributed by atoms with van der Waals surface area (Å²) in [6.07, 6.45) is 0. The van der Waals surface area contributed by atoms with E-state index >= 15 is 0 Å². The minimum Gasteiger partial charge on any atom is -0.479 e. The molecule has 1 unspecified atom stereocenters. The van der Waals surface area contributed by atoms with Crippen LogP contribution in [-0.2, 0) is 4.79 Å². The Balaban J connectivity index is 2.10. The predicted molar refractivity (Wildman–Crippen MR) is 78.8 cm³/mol. The summed E-state index contributed by atoms with van der Waals surface area (Å²) in [6.45, 7) is 0. The molecular weight excluding hydrogens is 306 g/mol. The number of carbonyl (C=O) groups is 3. The molecular formula is C16H10ClNO4. The van der Waals surface area contributed by atoms with Gasteiger partial charge in [0, 0.05) is 5.02 Å². The molecule has 0 spiro atoms. The van der Waals surface area contributed by atoms with E-state index < -0.39 is 23.8 Å². The summed E-state index contributed by atoms with van der Waals surface area (Å²) >= 11 is 5.88. The van der Waals surface area contributed by atoms with Crippen LogP contribution >= 0.6 is 11.6 Å². The molecule has 1 aliphatic heterocycles. The summed E-state index contributed by atoms with van der Waals surface area (Å²) in [6, 6.07) is 11.0. The maximum absolute atomic E-state index is 12.4. The largest absolute Gasteiger partial charge is 0.479 e. The second-order valence-electron chi connectivity index (χ2n) is 4.82. The maximum atomic E-state index is 12.4. The third-order valence-electron chi connectivity index (χ3n) is 3.48. The molecule has 1 atom stereocenters. The lowest BCUT2D eigenvalue weighted by Crippen LogP contribution is -2.38. The van der Waals surface area contributed by atoms with Crippen molar-refractivity contribution in [2.45, 2.75) is 6.04 Å². The Labute approximate surface area is 130 Å². The number of hydrogen-bond acceptors (Lipinski definition) is 3. The quantitative estimate of drug-likeness (QED) is 0.884. The fraction of sp³-hybridized carbons (Fsp3) is 0.0625. The van der Waals surface area contributed by atoms with Gasteiger partial charge in [0.15, 0.2) is 6.04 Å². The highest BCUT2D eigenvalue weighted by molar-refractivity contribution is 6.30. The van der Waals surface area contributed by atoms with Crippen LogP contribution in [0.5, 0.6) is 0 Å². The first kappa shape index (κ1) is 14.3. The van der Waals surface area contributed by atoms with E-state index in [1.807, 2.05) is 0 Å². The zero-order valence-corrected chi connectivity index (χ0v) is 11.9. The van der Waals surface area contributed by atoms with E-state index in [4.69, 9.17) is 11.6 Å². The lowest BCUT2D eigenvalue weighted by molar-refractivity contribution is -0.141. The monoisotopic (exact) mass is 315 g/mol. The van der Waals surface area contributed by atoms with Gasteiger partial charge in [-0.2, -0.15) is 0 Å². The molecule has 3 rings (SSSR count). The fourth-order valence-corrected chi connectivity index (χ4v) is 2.72. The number of carbonyl (C=O) groups excluding carboxylic acids is 2. The molecule has 0 aliphatic carbocycles. The first-order chi connectivity index (χ1) is 10.5. The van der Waals surface area contributed by atoms with Gasteiger partial charge >= 0.3 is 5.97 Å². The molecule has 2 aromatic carbocycles. The number of fused-ring (bicyclic) bond motifs is 1. The van der Waals surface area contributed by atoms with Crippen LogP contribution in [-0.4, -0.2) is 27.8 Å². The molecule has 2 amide bonds. The molecule has 22 heavy (non-hydrogen) atoms. The zero-order valence-electron chi connectivity index (χ0n) is 11.2. The molecule has 1 heterocycles. The summed E-state index contributed by atoms with van der Waals surface area (Å²) in [5, 5.41) is 9.84. The van der Waals surface area contributed by atoms with E-state index in [-0.39, 0.29) is 16.7 Å². The van der Waals surface area contributed by atoms with Gasteiger partial charge in [0.2, 0.25) is 0 Å². The van der Waals surface area contributed by atoms with Crippen molar-refractivity contribution >= 4 is 29.4 Å². The number of aliphatic carboxylic acids is 1. The van der Waals surface area contributed by atoms with Crippen LogP contribution in [0.4, 0.5) is 0 Å². The van der Waals surface area contributed by atoms with Crippen LogP contribution in [0.3, 0.4) is 0 Å². The second-order valence-corrected chi connectivity index (χ2v) is 5.26. The molecule has 0 saturated heterocycles. The van der Waals surface area contributed by atoms with Gasteiger partial charge in [0.1, 0.15) is 0 Å². The number of carboxylic acids is 1. The molecule has 0 radical (unpaired) electrons. The second kappa shape index (κ2) is 5.27.